The molecule has 0 spiro atoms. The Balaban J connectivity index is 1.10. The Morgan fingerprint density at radius 1 is 1.21 bits per heavy atom. The first kappa shape index (κ1) is 19.1. The molecule has 2 N–H and O–H groups in total. The van der Waals surface area contributed by atoms with Crippen LogP contribution in [0.1, 0.15) is 32.1 Å². The van der Waals surface area contributed by atoms with Gasteiger partial charge in [-0.2, -0.15) is 5.10 Å². The maximum Gasteiger partial charge on any atom is 0.227 e. The van der Waals surface area contributed by atoms with Gasteiger partial charge in [-0.3, -0.25) is 4.79 Å². The van der Waals surface area contributed by atoms with Gasteiger partial charge in [-0.25, -0.2) is 9.50 Å². The molecule has 8 heteroatoms. The van der Waals surface area contributed by atoms with E-state index in [0.717, 1.165) is 69.6 Å². The topological polar surface area (TPSA) is 83.8 Å². The van der Waals surface area contributed by atoms with E-state index in [0.29, 0.717) is 19.8 Å². The molecule has 0 radical (unpaired) electrons. The van der Waals surface area contributed by atoms with Crippen molar-refractivity contribution >= 4 is 17.2 Å². The van der Waals surface area contributed by atoms with Crippen LogP contribution in [-0.2, 0) is 9.53 Å². The maximum absolute atomic E-state index is 12.7. The van der Waals surface area contributed by atoms with Crippen LogP contribution in [0.25, 0.3) is 5.52 Å². The molecule has 2 saturated heterocycles. The van der Waals surface area contributed by atoms with Gasteiger partial charge in [0.15, 0.2) is 5.82 Å². The number of amides is 1. The number of hydrogen-bond acceptors (Lipinski definition) is 6. The molecule has 4 heterocycles. The molecule has 1 amide bonds. The zero-order valence-electron chi connectivity index (χ0n) is 16.4. The van der Waals surface area contributed by atoms with Crippen LogP contribution in [0.3, 0.4) is 0 Å². The van der Waals surface area contributed by atoms with Crippen LogP contribution < -0.4 is 10.6 Å². The highest BCUT2D eigenvalue weighted by atomic mass is 16.5. The summed E-state index contributed by atoms with van der Waals surface area (Å²) in [5, 5.41) is 10.6. The lowest BCUT2D eigenvalue weighted by atomic mass is 9.73. The minimum atomic E-state index is -0.151. The molecule has 152 valence electrons. The number of rotatable bonds is 9. The first-order valence-electron chi connectivity index (χ1n) is 10.4. The molecule has 0 aromatic carbocycles. The summed E-state index contributed by atoms with van der Waals surface area (Å²) < 4.78 is 7.48. The third-order valence-electron chi connectivity index (χ3n) is 5.89. The van der Waals surface area contributed by atoms with Gasteiger partial charge in [0.1, 0.15) is 11.8 Å². The highest BCUT2D eigenvalue weighted by Crippen LogP contribution is 2.38. The normalized spacial score (nSPS) is 24.2. The average molecular weight is 387 g/mol. The fourth-order valence-corrected chi connectivity index (χ4v) is 4.47. The Kier molecular flexibility index (Phi) is 6.07. The van der Waals surface area contributed by atoms with Gasteiger partial charge in [0.25, 0.3) is 0 Å². The lowest BCUT2D eigenvalue weighted by molar-refractivity contribution is -0.137. The third kappa shape index (κ3) is 4.28. The molecule has 2 aromatic heterocycles. The number of nitrogens with zero attached hydrogens (tertiary/aromatic N) is 4. The second-order valence-corrected chi connectivity index (χ2v) is 7.86. The molecule has 4 rings (SSSR count). The smallest absolute Gasteiger partial charge is 0.227 e. The second kappa shape index (κ2) is 8.87. The highest BCUT2D eigenvalue weighted by molar-refractivity contribution is 5.83. The van der Waals surface area contributed by atoms with Crippen molar-refractivity contribution in [3.63, 3.8) is 0 Å². The quantitative estimate of drug-likeness (QED) is 0.636. The van der Waals surface area contributed by atoms with Gasteiger partial charge in [-0.15, -0.1) is 0 Å². The van der Waals surface area contributed by atoms with Crippen LogP contribution in [-0.4, -0.2) is 71.3 Å². The van der Waals surface area contributed by atoms with E-state index in [2.05, 4.69) is 25.6 Å². The van der Waals surface area contributed by atoms with Crippen molar-refractivity contribution in [2.45, 2.75) is 32.1 Å². The minimum absolute atomic E-state index is 0.151. The number of hydrogen-bond donors (Lipinski definition) is 2. The van der Waals surface area contributed by atoms with Crippen molar-refractivity contribution in [3.8, 4) is 0 Å². The lowest BCUT2D eigenvalue weighted by Crippen LogP contribution is -2.55. The average Bonchev–Trinajstić information content (AvgIpc) is 3.19. The molecule has 0 aliphatic carbocycles. The standard InChI is InChI=1S/C20H30N6O2/c27-19(20-6-2-10-25(15-20)11-3-7-20)22-9-14-28-13-4-8-21-18-17-5-1-12-26(17)24-16-23-18/h1,5,12,16H,2-4,6-11,13-15H2,(H,22,27)(H,21,23,24). The largest absolute Gasteiger partial charge is 0.380 e. The van der Waals surface area contributed by atoms with Crippen LogP contribution in [0.15, 0.2) is 24.7 Å². The first-order chi connectivity index (χ1) is 13.8. The zero-order chi connectivity index (χ0) is 19.2. The first-order valence-corrected chi connectivity index (χ1v) is 10.4. The zero-order valence-corrected chi connectivity index (χ0v) is 16.4. The van der Waals surface area contributed by atoms with Crippen molar-refractivity contribution in [1.29, 1.82) is 0 Å². The van der Waals surface area contributed by atoms with Crippen LogP contribution in [0.2, 0.25) is 0 Å². The van der Waals surface area contributed by atoms with Crippen molar-refractivity contribution < 1.29 is 9.53 Å². The summed E-state index contributed by atoms with van der Waals surface area (Å²) in [6.07, 6.45) is 8.66. The van der Waals surface area contributed by atoms with Gasteiger partial charge < -0.3 is 20.3 Å². The third-order valence-corrected chi connectivity index (χ3v) is 5.89. The van der Waals surface area contributed by atoms with Crippen LogP contribution in [0.4, 0.5) is 5.82 Å². The van der Waals surface area contributed by atoms with Gasteiger partial charge in [0, 0.05) is 32.4 Å². The van der Waals surface area contributed by atoms with E-state index in [-0.39, 0.29) is 11.3 Å². The molecule has 2 fully saturated rings. The predicted octanol–water partition coefficient (Wildman–Crippen LogP) is 1.54. The molecule has 0 unspecified atom stereocenters. The van der Waals surface area contributed by atoms with E-state index in [9.17, 15) is 4.79 Å². The Morgan fingerprint density at radius 3 is 2.93 bits per heavy atom. The highest BCUT2D eigenvalue weighted by Gasteiger charge is 2.43. The molecule has 2 bridgehead atoms. The summed E-state index contributed by atoms with van der Waals surface area (Å²) in [6, 6.07) is 3.93. The Bertz CT molecular complexity index is 782. The summed E-state index contributed by atoms with van der Waals surface area (Å²) in [6.45, 7) is 5.82. The van der Waals surface area contributed by atoms with Crippen LogP contribution >= 0.6 is 0 Å². The molecule has 8 nitrogen and oxygen atoms in total. The van der Waals surface area contributed by atoms with Gasteiger partial charge in [-0.05, 0) is 57.3 Å². The van der Waals surface area contributed by atoms with E-state index < -0.39 is 0 Å². The predicted molar refractivity (Wildman–Crippen MR) is 107 cm³/mol. The van der Waals surface area contributed by atoms with Gasteiger partial charge in [-0.1, -0.05) is 0 Å². The molecule has 0 saturated carbocycles. The van der Waals surface area contributed by atoms with Crippen molar-refractivity contribution in [3.05, 3.63) is 24.7 Å². The number of piperidine rings is 2. The number of anilines is 1. The summed E-state index contributed by atoms with van der Waals surface area (Å²) in [4.78, 5) is 19.4. The number of carbonyl (C=O) groups excluding carboxylic acids is 1. The van der Waals surface area contributed by atoms with Gasteiger partial charge in [0.2, 0.25) is 5.91 Å². The number of ether oxygens (including phenoxy) is 1. The molecular formula is C20H30N6O2. The summed E-state index contributed by atoms with van der Waals surface area (Å²) in [5.41, 5.74) is 0.816. The van der Waals surface area contributed by atoms with E-state index in [1.165, 1.54) is 0 Å². The Labute approximate surface area is 165 Å². The molecule has 0 atom stereocenters. The molecular weight excluding hydrogens is 356 g/mol. The Morgan fingerprint density at radius 2 is 2.07 bits per heavy atom. The van der Waals surface area contributed by atoms with E-state index in [1.807, 2.05) is 18.3 Å². The number of carbonyl (C=O) groups is 1. The van der Waals surface area contributed by atoms with Crippen molar-refractivity contribution in [1.82, 2.24) is 24.8 Å². The minimum Gasteiger partial charge on any atom is -0.380 e. The molecule has 28 heavy (non-hydrogen) atoms. The van der Waals surface area contributed by atoms with E-state index in [4.69, 9.17) is 4.74 Å². The fraction of sp³-hybridized carbons (Fsp3) is 0.650. The molecule has 2 aliphatic heterocycles. The number of nitrogens with one attached hydrogen (secondary N) is 2. The van der Waals surface area contributed by atoms with Gasteiger partial charge >= 0.3 is 0 Å². The van der Waals surface area contributed by atoms with Crippen LogP contribution in [0.5, 0.6) is 0 Å². The van der Waals surface area contributed by atoms with Crippen LogP contribution in [0, 0.1) is 5.41 Å². The monoisotopic (exact) mass is 386 g/mol. The van der Waals surface area contributed by atoms with E-state index >= 15 is 0 Å². The second-order valence-electron chi connectivity index (χ2n) is 7.86. The molecule has 2 aromatic rings. The van der Waals surface area contributed by atoms with Gasteiger partial charge in [0.05, 0.1) is 12.0 Å². The van der Waals surface area contributed by atoms with E-state index in [1.54, 1.807) is 10.8 Å². The fourth-order valence-electron chi connectivity index (χ4n) is 4.47. The summed E-state index contributed by atoms with van der Waals surface area (Å²) in [5.74, 6) is 1.06. The molecule has 2 aliphatic rings. The maximum atomic E-state index is 12.7. The number of aromatic nitrogens is 3. The summed E-state index contributed by atoms with van der Waals surface area (Å²) in [7, 11) is 0. The Hall–Kier alpha value is -2.19. The van der Waals surface area contributed by atoms with Crippen molar-refractivity contribution in [2.24, 2.45) is 5.41 Å². The number of fused-ring (bicyclic) bond motifs is 3. The summed E-state index contributed by atoms with van der Waals surface area (Å²) >= 11 is 0. The SMILES string of the molecule is O=C(NCCOCCCNc1ncnn2cccc12)C12CCCN(CCC1)C2. The lowest BCUT2D eigenvalue weighted by Gasteiger charge is -2.45. The van der Waals surface area contributed by atoms with Crippen molar-refractivity contribution in [2.75, 3.05) is 51.3 Å².